The highest BCUT2D eigenvalue weighted by Crippen LogP contribution is 2.37. The first kappa shape index (κ1) is 12.1. The zero-order chi connectivity index (χ0) is 12.5. The quantitative estimate of drug-likeness (QED) is 0.866. The minimum Gasteiger partial charge on any atom is -0.490 e. The highest BCUT2D eigenvalue weighted by Gasteiger charge is 2.37. The SMILES string of the molecule is CC(N)C(F)(F)c1ccc2c(c1)OCCCO2. The summed E-state index contributed by atoms with van der Waals surface area (Å²) in [5.41, 5.74) is 5.15. The third-order valence-electron chi connectivity index (χ3n) is 2.70. The smallest absolute Gasteiger partial charge is 0.287 e. The average molecular weight is 243 g/mol. The Kier molecular flexibility index (Phi) is 3.19. The van der Waals surface area contributed by atoms with Crippen molar-refractivity contribution in [3.8, 4) is 11.5 Å². The first-order valence-electron chi connectivity index (χ1n) is 5.55. The molecule has 0 saturated heterocycles. The molecule has 1 aliphatic heterocycles. The molecule has 1 aliphatic rings. The van der Waals surface area contributed by atoms with Crippen LogP contribution in [-0.2, 0) is 5.92 Å². The third-order valence-corrected chi connectivity index (χ3v) is 2.70. The maximum Gasteiger partial charge on any atom is 0.287 e. The highest BCUT2D eigenvalue weighted by molar-refractivity contribution is 5.44. The first-order valence-corrected chi connectivity index (χ1v) is 5.55. The van der Waals surface area contributed by atoms with Gasteiger partial charge in [-0.3, -0.25) is 0 Å². The van der Waals surface area contributed by atoms with Crippen LogP contribution in [0, 0.1) is 0 Å². The van der Waals surface area contributed by atoms with E-state index in [1.54, 1.807) is 0 Å². The summed E-state index contributed by atoms with van der Waals surface area (Å²) in [6.45, 7) is 2.29. The molecule has 0 aliphatic carbocycles. The minimum atomic E-state index is -3.06. The van der Waals surface area contributed by atoms with Crippen molar-refractivity contribution >= 4 is 0 Å². The lowest BCUT2D eigenvalue weighted by Gasteiger charge is -2.21. The molecule has 94 valence electrons. The molecule has 5 heteroatoms. The fourth-order valence-corrected chi connectivity index (χ4v) is 1.63. The van der Waals surface area contributed by atoms with Crippen LogP contribution in [0.3, 0.4) is 0 Å². The standard InChI is InChI=1S/C12H15F2NO2/c1-8(15)12(13,14)9-3-4-10-11(7-9)17-6-2-5-16-10/h3-4,7-8H,2,5-6,15H2,1H3. The summed E-state index contributed by atoms with van der Waals surface area (Å²) in [6.07, 6.45) is 0.744. The number of rotatable bonds is 2. The van der Waals surface area contributed by atoms with Crippen LogP contribution in [0.25, 0.3) is 0 Å². The van der Waals surface area contributed by atoms with E-state index in [4.69, 9.17) is 15.2 Å². The normalized spacial score (nSPS) is 17.4. The van der Waals surface area contributed by atoms with Gasteiger partial charge in [0.1, 0.15) is 0 Å². The summed E-state index contributed by atoms with van der Waals surface area (Å²) in [5.74, 6) is -2.20. The van der Waals surface area contributed by atoms with Crippen LogP contribution in [-0.4, -0.2) is 19.3 Å². The zero-order valence-corrected chi connectivity index (χ0v) is 9.58. The lowest BCUT2D eigenvalue weighted by atomic mass is 10.0. The molecule has 0 spiro atoms. The van der Waals surface area contributed by atoms with Gasteiger partial charge in [-0.15, -0.1) is 0 Å². The molecule has 0 saturated carbocycles. The van der Waals surface area contributed by atoms with Crippen LogP contribution in [0.1, 0.15) is 18.9 Å². The first-order chi connectivity index (χ1) is 8.01. The summed E-state index contributed by atoms with van der Waals surface area (Å²) >= 11 is 0. The van der Waals surface area contributed by atoms with E-state index in [1.165, 1.54) is 25.1 Å². The fourth-order valence-electron chi connectivity index (χ4n) is 1.63. The van der Waals surface area contributed by atoms with Gasteiger partial charge in [0.15, 0.2) is 11.5 Å². The van der Waals surface area contributed by atoms with Crippen molar-refractivity contribution in [2.45, 2.75) is 25.3 Å². The molecule has 1 unspecified atom stereocenters. The van der Waals surface area contributed by atoms with Gasteiger partial charge >= 0.3 is 0 Å². The van der Waals surface area contributed by atoms with Gasteiger partial charge in [0.05, 0.1) is 19.3 Å². The summed E-state index contributed by atoms with van der Waals surface area (Å²) in [5, 5.41) is 0. The summed E-state index contributed by atoms with van der Waals surface area (Å²) in [6, 6.07) is 2.90. The van der Waals surface area contributed by atoms with Gasteiger partial charge in [-0.2, -0.15) is 8.78 Å². The van der Waals surface area contributed by atoms with Crippen molar-refractivity contribution in [3.63, 3.8) is 0 Å². The van der Waals surface area contributed by atoms with Gasteiger partial charge in [-0.25, -0.2) is 0 Å². The number of nitrogens with two attached hydrogens (primary N) is 1. The van der Waals surface area contributed by atoms with E-state index in [9.17, 15) is 8.78 Å². The molecule has 1 heterocycles. The summed E-state index contributed by atoms with van der Waals surface area (Å²) in [7, 11) is 0. The molecule has 0 amide bonds. The number of fused-ring (bicyclic) bond motifs is 1. The molecule has 17 heavy (non-hydrogen) atoms. The molecular formula is C12H15F2NO2. The molecular weight excluding hydrogens is 228 g/mol. The van der Waals surface area contributed by atoms with Crippen molar-refractivity contribution in [2.75, 3.05) is 13.2 Å². The highest BCUT2D eigenvalue weighted by atomic mass is 19.3. The second kappa shape index (κ2) is 4.49. The molecule has 1 aromatic rings. The van der Waals surface area contributed by atoms with Gasteiger partial charge in [0.2, 0.25) is 0 Å². The lowest BCUT2D eigenvalue weighted by molar-refractivity contribution is -0.0258. The molecule has 1 aromatic carbocycles. The fraction of sp³-hybridized carbons (Fsp3) is 0.500. The van der Waals surface area contributed by atoms with Gasteiger partial charge in [-0.05, 0) is 25.1 Å². The second-order valence-corrected chi connectivity index (χ2v) is 4.12. The Morgan fingerprint density at radius 3 is 2.53 bits per heavy atom. The van der Waals surface area contributed by atoms with E-state index in [1.807, 2.05) is 0 Å². The molecule has 0 bridgehead atoms. The van der Waals surface area contributed by atoms with Crippen LogP contribution in [0.4, 0.5) is 8.78 Å². The maximum atomic E-state index is 13.7. The summed E-state index contributed by atoms with van der Waals surface area (Å²) < 4.78 is 38.2. The van der Waals surface area contributed by atoms with E-state index in [-0.39, 0.29) is 5.56 Å². The molecule has 0 fully saturated rings. The number of benzene rings is 1. The van der Waals surface area contributed by atoms with Crippen molar-refractivity contribution in [2.24, 2.45) is 5.73 Å². The number of alkyl halides is 2. The Morgan fingerprint density at radius 2 is 1.88 bits per heavy atom. The monoisotopic (exact) mass is 243 g/mol. The predicted molar refractivity (Wildman–Crippen MR) is 59.6 cm³/mol. The Balaban J connectivity index is 2.35. The van der Waals surface area contributed by atoms with Crippen molar-refractivity contribution < 1.29 is 18.3 Å². The molecule has 3 nitrogen and oxygen atoms in total. The predicted octanol–water partition coefficient (Wildman–Crippen LogP) is 2.29. The van der Waals surface area contributed by atoms with Gasteiger partial charge < -0.3 is 15.2 Å². The van der Waals surface area contributed by atoms with Crippen molar-refractivity contribution in [1.82, 2.24) is 0 Å². The van der Waals surface area contributed by atoms with Crippen molar-refractivity contribution in [3.05, 3.63) is 23.8 Å². The van der Waals surface area contributed by atoms with E-state index in [0.29, 0.717) is 24.7 Å². The third kappa shape index (κ3) is 2.34. The van der Waals surface area contributed by atoms with E-state index >= 15 is 0 Å². The minimum absolute atomic E-state index is 0.142. The van der Waals surface area contributed by atoms with Gasteiger partial charge in [0, 0.05) is 12.0 Å². The maximum absolute atomic E-state index is 13.7. The molecule has 0 aromatic heterocycles. The van der Waals surface area contributed by atoms with E-state index < -0.39 is 12.0 Å². The van der Waals surface area contributed by atoms with Crippen LogP contribution >= 0.6 is 0 Å². The zero-order valence-electron chi connectivity index (χ0n) is 9.58. The molecule has 1 atom stereocenters. The van der Waals surface area contributed by atoms with Crippen LogP contribution < -0.4 is 15.2 Å². The molecule has 2 rings (SSSR count). The number of ether oxygens (including phenoxy) is 2. The Morgan fingerprint density at radius 1 is 1.24 bits per heavy atom. The number of hydrogen-bond acceptors (Lipinski definition) is 3. The summed E-state index contributed by atoms with van der Waals surface area (Å²) in [4.78, 5) is 0. The Labute approximate surface area is 98.5 Å². The number of hydrogen-bond donors (Lipinski definition) is 1. The van der Waals surface area contributed by atoms with E-state index in [2.05, 4.69) is 0 Å². The van der Waals surface area contributed by atoms with Crippen LogP contribution in [0.2, 0.25) is 0 Å². The van der Waals surface area contributed by atoms with E-state index in [0.717, 1.165) is 6.42 Å². The second-order valence-electron chi connectivity index (χ2n) is 4.12. The largest absolute Gasteiger partial charge is 0.490 e. The lowest BCUT2D eigenvalue weighted by Crippen LogP contribution is -2.35. The van der Waals surface area contributed by atoms with Gasteiger partial charge in [0.25, 0.3) is 5.92 Å². The molecule has 2 N–H and O–H groups in total. The Hall–Kier alpha value is -1.36. The topological polar surface area (TPSA) is 44.5 Å². The van der Waals surface area contributed by atoms with Crippen molar-refractivity contribution in [1.29, 1.82) is 0 Å². The van der Waals surface area contributed by atoms with Gasteiger partial charge in [-0.1, -0.05) is 0 Å². The Bertz CT molecular complexity index is 407. The van der Waals surface area contributed by atoms with Crippen LogP contribution in [0.15, 0.2) is 18.2 Å². The van der Waals surface area contributed by atoms with Crippen LogP contribution in [0.5, 0.6) is 11.5 Å². The average Bonchev–Trinajstić information content (AvgIpc) is 2.52. The molecule has 0 radical (unpaired) electrons. The number of halogens is 2.